The fourth-order valence-corrected chi connectivity index (χ4v) is 1.34. The molecule has 1 rings (SSSR count). The van der Waals surface area contributed by atoms with Gasteiger partial charge >= 0.3 is 6.18 Å². The second-order valence-electron chi connectivity index (χ2n) is 3.72. The zero-order valence-electron chi connectivity index (χ0n) is 10.7. The highest BCUT2D eigenvalue weighted by Gasteiger charge is 2.30. The number of nitrogens with one attached hydrogen (secondary N) is 1. The van der Waals surface area contributed by atoms with Gasteiger partial charge in [-0.15, -0.1) is 0 Å². The molecule has 1 aromatic rings. The molecule has 0 atom stereocenters. The van der Waals surface area contributed by atoms with Gasteiger partial charge in [0.2, 0.25) is 0 Å². The predicted octanol–water partition coefficient (Wildman–Crippen LogP) is 3.73. The lowest BCUT2D eigenvalue weighted by Gasteiger charge is -2.09. The van der Waals surface area contributed by atoms with Crippen LogP contribution in [0.25, 0.3) is 0 Å². The molecule has 1 amide bonds. The summed E-state index contributed by atoms with van der Waals surface area (Å²) < 4.78 is 37.6. The maximum Gasteiger partial charge on any atom is 0.416 e. The molecule has 1 aromatic heterocycles. The van der Waals surface area contributed by atoms with Crippen LogP contribution in [0.1, 0.15) is 12.5 Å². The van der Waals surface area contributed by atoms with Gasteiger partial charge in [-0.2, -0.15) is 13.2 Å². The van der Waals surface area contributed by atoms with Crippen LogP contribution in [0.5, 0.6) is 0 Å². The maximum atomic E-state index is 12.5. The lowest BCUT2D eigenvalue weighted by molar-refractivity contribution is -0.137. The van der Waals surface area contributed by atoms with Crippen LogP contribution in [0.4, 0.5) is 19.0 Å². The smallest absolute Gasteiger partial charge is 0.307 e. The maximum absolute atomic E-state index is 12.5. The first-order valence-electron chi connectivity index (χ1n) is 5.68. The average molecular weight is 282 g/mol. The van der Waals surface area contributed by atoms with Gasteiger partial charge in [-0.3, -0.25) is 4.79 Å². The van der Waals surface area contributed by atoms with Crippen LogP contribution in [-0.4, -0.2) is 10.9 Å². The number of carbonyl (C=O) groups is 1. The number of amides is 1. The molecule has 0 saturated carbocycles. The van der Waals surface area contributed by atoms with Crippen LogP contribution in [0.2, 0.25) is 0 Å². The molecule has 0 spiro atoms. The summed E-state index contributed by atoms with van der Waals surface area (Å²) in [6.45, 7) is 5.11. The van der Waals surface area contributed by atoms with E-state index in [0.717, 1.165) is 18.3 Å². The number of nitrogens with zero attached hydrogens (tertiary/aromatic N) is 1. The fourth-order valence-electron chi connectivity index (χ4n) is 1.34. The minimum absolute atomic E-state index is 0.156. The summed E-state index contributed by atoms with van der Waals surface area (Å²) in [6, 6.07) is 1.62. The molecule has 0 saturated heterocycles. The lowest BCUT2D eigenvalue weighted by atomic mass is 10.2. The van der Waals surface area contributed by atoms with Crippen LogP contribution in [0.15, 0.2) is 54.8 Å². The second kappa shape index (κ2) is 6.70. The summed E-state index contributed by atoms with van der Waals surface area (Å²) in [5.41, 5.74) is -0.574. The van der Waals surface area contributed by atoms with Gasteiger partial charge in [0, 0.05) is 11.8 Å². The largest absolute Gasteiger partial charge is 0.416 e. The zero-order chi connectivity index (χ0) is 15.2. The summed E-state index contributed by atoms with van der Waals surface area (Å²) in [6.07, 6.45) is 2.58. The fraction of sp³-hybridized carbons (Fsp3) is 0.143. The summed E-state index contributed by atoms with van der Waals surface area (Å²) >= 11 is 0. The molecule has 20 heavy (non-hydrogen) atoms. The first-order valence-corrected chi connectivity index (χ1v) is 5.68. The molecule has 6 heteroatoms. The van der Waals surface area contributed by atoms with E-state index in [-0.39, 0.29) is 5.82 Å². The Bertz CT molecular complexity index is 560. The Kier molecular flexibility index (Phi) is 5.25. The molecule has 0 aliphatic rings. The van der Waals surface area contributed by atoms with Crippen molar-refractivity contribution in [3.63, 3.8) is 0 Å². The summed E-state index contributed by atoms with van der Waals surface area (Å²) in [7, 11) is 0. The third-order valence-electron chi connectivity index (χ3n) is 2.31. The number of halogens is 3. The van der Waals surface area contributed by atoms with Crippen LogP contribution in [0, 0.1) is 0 Å². The van der Waals surface area contributed by atoms with Gasteiger partial charge in [0.1, 0.15) is 5.82 Å². The Morgan fingerprint density at radius 3 is 2.70 bits per heavy atom. The monoisotopic (exact) mass is 282 g/mol. The van der Waals surface area contributed by atoms with Gasteiger partial charge in [0.25, 0.3) is 5.91 Å². The van der Waals surface area contributed by atoms with Gasteiger partial charge in [-0.1, -0.05) is 24.8 Å². The Hall–Kier alpha value is -2.37. The highest BCUT2D eigenvalue weighted by molar-refractivity contribution is 6.05. The normalized spacial score (nSPS) is 12.5. The molecule has 0 radical (unpaired) electrons. The quantitative estimate of drug-likeness (QED) is 0.675. The van der Waals surface area contributed by atoms with E-state index < -0.39 is 17.6 Å². The molecule has 0 bridgehead atoms. The summed E-state index contributed by atoms with van der Waals surface area (Å²) in [4.78, 5) is 15.5. The first kappa shape index (κ1) is 15.7. The molecule has 0 unspecified atom stereocenters. The lowest BCUT2D eigenvalue weighted by Crippen LogP contribution is -2.15. The number of hydrogen-bond acceptors (Lipinski definition) is 2. The second-order valence-corrected chi connectivity index (χ2v) is 3.72. The van der Waals surface area contributed by atoms with Crippen molar-refractivity contribution in [2.24, 2.45) is 0 Å². The zero-order valence-corrected chi connectivity index (χ0v) is 10.7. The number of aromatic nitrogens is 1. The molecule has 1 N–H and O–H groups in total. The summed E-state index contributed by atoms with van der Waals surface area (Å²) in [5.74, 6) is -0.700. The van der Waals surface area contributed by atoms with Crippen LogP contribution in [-0.2, 0) is 11.0 Å². The van der Waals surface area contributed by atoms with Gasteiger partial charge in [0.15, 0.2) is 0 Å². The first-order chi connectivity index (χ1) is 9.38. The van der Waals surface area contributed by atoms with Gasteiger partial charge in [0.05, 0.1) is 5.56 Å². The SMILES string of the molecule is C=C/C=C\C(=CC)C(=O)Nc1cc(C(F)(F)F)ccn1. The van der Waals surface area contributed by atoms with Gasteiger partial charge < -0.3 is 5.32 Å². The topological polar surface area (TPSA) is 42.0 Å². The van der Waals surface area contributed by atoms with Crippen molar-refractivity contribution in [1.29, 1.82) is 0 Å². The van der Waals surface area contributed by atoms with Crippen LogP contribution in [0.3, 0.4) is 0 Å². The molecule has 106 valence electrons. The van der Waals surface area contributed by atoms with Crippen molar-refractivity contribution in [2.45, 2.75) is 13.1 Å². The van der Waals surface area contributed by atoms with Crippen molar-refractivity contribution in [1.82, 2.24) is 4.98 Å². The van der Waals surface area contributed by atoms with Gasteiger partial charge in [-0.05, 0) is 25.1 Å². The van der Waals surface area contributed by atoms with E-state index in [1.165, 1.54) is 18.2 Å². The van der Waals surface area contributed by atoms with E-state index in [4.69, 9.17) is 0 Å². The van der Waals surface area contributed by atoms with Crippen molar-refractivity contribution < 1.29 is 18.0 Å². The number of alkyl halides is 3. The average Bonchev–Trinajstić information content (AvgIpc) is 2.39. The Morgan fingerprint density at radius 1 is 1.45 bits per heavy atom. The third-order valence-corrected chi connectivity index (χ3v) is 2.31. The number of allylic oxidation sites excluding steroid dienone is 3. The van der Waals surface area contributed by atoms with E-state index in [1.807, 2.05) is 0 Å². The van der Waals surface area contributed by atoms with Crippen molar-refractivity contribution in [3.8, 4) is 0 Å². The van der Waals surface area contributed by atoms with E-state index in [2.05, 4.69) is 16.9 Å². The Labute approximate surface area is 114 Å². The third kappa shape index (κ3) is 4.38. The summed E-state index contributed by atoms with van der Waals surface area (Å²) in [5, 5.41) is 2.31. The molecule has 3 nitrogen and oxygen atoms in total. The van der Waals surface area contributed by atoms with Crippen molar-refractivity contribution in [2.75, 3.05) is 5.32 Å². The Balaban J connectivity index is 2.91. The number of anilines is 1. The van der Waals surface area contributed by atoms with Gasteiger partial charge in [-0.25, -0.2) is 4.98 Å². The minimum atomic E-state index is -4.48. The Morgan fingerprint density at radius 2 is 2.15 bits per heavy atom. The van der Waals surface area contributed by atoms with Crippen molar-refractivity contribution in [3.05, 3.63) is 60.3 Å². The van der Waals surface area contributed by atoms with Crippen LogP contribution >= 0.6 is 0 Å². The minimum Gasteiger partial charge on any atom is -0.307 e. The molecule has 1 heterocycles. The van der Waals surface area contributed by atoms with E-state index in [0.29, 0.717) is 5.57 Å². The number of rotatable bonds is 4. The number of hydrogen-bond donors (Lipinski definition) is 1. The molecular weight excluding hydrogens is 269 g/mol. The molecular formula is C14H13F3N2O. The molecule has 0 aromatic carbocycles. The number of carbonyl (C=O) groups excluding carboxylic acids is 1. The van der Waals surface area contributed by atoms with Crippen molar-refractivity contribution >= 4 is 11.7 Å². The van der Waals surface area contributed by atoms with Crippen LogP contribution < -0.4 is 5.32 Å². The van der Waals surface area contributed by atoms with E-state index in [1.54, 1.807) is 13.0 Å². The predicted molar refractivity (Wildman–Crippen MR) is 71.0 cm³/mol. The highest BCUT2D eigenvalue weighted by Crippen LogP contribution is 2.29. The highest BCUT2D eigenvalue weighted by atomic mass is 19.4. The standard InChI is InChI=1S/C14H13F3N2O/c1-3-5-6-10(4-2)13(20)19-12-9-11(7-8-18-12)14(15,16)17/h3-9H,1H2,2H3,(H,18,19,20)/b6-5-,10-4?. The molecule has 0 aliphatic heterocycles. The number of pyridine rings is 1. The molecule has 0 fully saturated rings. The van der Waals surface area contributed by atoms with E-state index >= 15 is 0 Å². The molecule has 0 aliphatic carbocycles. The van der Waals surface area contributed by atoms with E-state index in [9.17, 15) is 18.0 Å².